The number of aromatic hydroxyl groups is 1. The maximum absolute atomic E-state index is 11.9. The van der Waals surface area contributed by atoms with Crippen LogP contribution in [0.3, 0.4) is 0 Å². The van der Waals surface area contributed by atoms with Crippen LogP contribution in [0.1, 0.15) is 0 Å². The minimum absolute atomic E-state index is 0.185. The molecule has 0 aliphatic carbocycles. The van der Waals surface area contributed by atoms with E-state index in [1.165, 1.54) is 13.2 Å². The first-order valence-electron chi connectivity index (χ1n) is 6.19. The van der Waals surface area contributed by atoms with E-state index in [-0.39, 0.29) is 5.69 Å². The molecule has 2 rings (SSSR count). The Morgan fingerprint density at radius 3 is 2.50 bits per heavy atom. The third-order valence-electron chi connectivity index (χ3n) is 2.76. The number of anilines is 2. The largest absolute Gasteiger partial charge is 0.502 e. The molecule has 2 aromatic carbocycles. The van der Waals surface area contributed by atoms with Gasteiger partial charge in [0, 0.05) is 23.5 Å². The third kappa shape index (κ3) is 3.63. The lowest BCUT2D eigenvalue weighted by atomic mass is 10.2. The molecule has 3 N–H and O–H groups in total. The van der Waals surface area contributed by atoms with Gasteiger partial charge in [0.1, 0.15) is 5.75 Å². The molecule has 0 spiro atoms. The number of nitrogens with zero attached hydrogens (tertiary/aromatic N) is 1. The van der Waals surface area contributed by atoms with Crippen LogP contribution in [0, 0.1) is 10.1 Å². The monoisotopic (exact) mass is 303 g/mol. The summed E-state index contributed by atoms with van der Waals surface area (Å²) in [6, 6.07) is 9.72. The molecule has 0 saturated heterocycles. The lowest BCUT2D eigenvalue weighted by molar-refractivity contribution is -0.385. The standard InChI is InChI=1S/C14H13N3O5/c1-22-11-4-2-3-9(7-11)15-14(19)16-10-5-6-13(18)12(8-10)17(20)21/h2-8,18H,1H3,(H2,15,16,19). The van der Waals surface area contributed by atoms with Gasteiger partial charge in [-0.25, -0.2) is 4.79 Å². The van der Waals surface area contributed by atoms with E-state index in [0.29, 0.717) is 11.4 Å². The lowest BCUT2D eigenvalue weighted by Gasteiger charge is -2.09. The van der Waals surface area contributed by atoms with Crippen molar-refractivity contribution in [2.24, 2.45) is 0 Å². The van der Waals surface area contributed by atoms with Gasteiger partial charge in [-0.3, -0.25) is 10.1 Å². The zero-order valence-electron chi connectivity index (χ0n) is 11.6. The molecule has 0 aromatic heterocycles. The van der Waals surface area contributed by atoms with Crippen LogP contribution < -0.4 is 15.4 Å². The first kappa shape index (κ1) is 15.1. The van der Waals surface area contributed by atoms with Crippen molar-refractivity contribution in [3.63, 3.8) is 0 Å². The Labute approximate surface area is 125 Å². The molecule has 0 aliphatic rings. The minimum Gasteiger partial charge on any atom is -0.502 e. The van der Waals surface area contributed by atoms with Gasteiger partial charge in [0.05, 0.1) is 12.0 Å². The van der Waals surface area contributed by atoms with Crippen molar-refractivity contribution in [3.8, 4) is 11.5 Å². The zero-order valence-corrected chi connectivity index (χ0v) is 11.6. The highest BCUT2D eigenvalue weighted by molar-refractivity contribution is 6.00. The molecule has 0 radical (unpaired) electrons. The number of nitro groups is 1. The van der Waals surface area contributed by atoms with Gasteiger partial charge in [0.2, 0.25) is 0 Å². The fourth-order valence-electron chi connectivity index (χ4n) is 1.74. The SMILES string of the molecule is COc1cccc(NC(=O)Nc2ccc(O)c([N+](=O)[O-])c2)c1. The van der Waals surface area contributed by atoms with Gasteiger partial charge in [-0.2, -0.15) is 0 Å². The Hall–Kier alpha value is -3.29. The van der Waals surface area contributed by atoms with Crippen LogP contribution in [0.5, 0.6) is 11.5 Å². The lowest BCUT2D eigenvalue weighted by Crippen LogP contribution is -2.19. The molecule has 2 amide bonds. The molecule has 0 bridgehead atoms. The fraction of sp³-hybridized carbons (Fsp3) is 0.0714. The van der Waals surface area contributed by atoms with E-state index in [2.05, 4.69) is 10.6 Å². The molecule has 114 valence electrons. The summed E-state index contributed by atoms with van der Waals surface area (Å²) in [6.07, 6.45) is 0. The second-order valence-corrected chi connectivity index (χ2v) is 4.27. The molecule has 8 heteroatoms. The molecule has 0 saturated carbocycles. The van der Waals surface area contributed by atoms with Gasteiger partial charge in [0.25, 0.3) is 0 Å². The van der Waals surface area contributed by atoms with Crippen molar-refractivity contribution in [1.29, 1.82) is 0 Å². The number of carbonyl (C=O) groups is 1. The summed E-state index contributed by atoms with van der Waals surface area (Å²) in [7, 11) is 1.51. The van der Waals surface area contributed by atoms with Gasteiger partial charge in [-0.15, -0.1) is 0 Å². The van der Waals surface area contributed by atoms with Crippen LogP contribution in [0.2, 0.25) is 0 Å². The average Bonchev–Trinajstić information content (AvgIpc) is 2.49. The van der Waals surface area contributed by atoms with E-state index < -0.39 is 22.4 Å². The smallest absolute Gasteiger partial charge is 0.323 e. The van der Waals surface area contributed by atoms with Gasteiger partial charge in [0.15, 0.2) is 5.75 Å². The molecule has 0 atom stereocenters. The predicted octanol–water partition coefficient (Wildman–Crippen LogP) is 2.95. The number of hydrogen-bond donors (Lipinski definition) is 3. The molecule has 22 heavy (non-hydrogen) atoms. The number of urea groups is 1. The van der Waals surface area contributed by atoms with E-state index in [1.54, 1.807) is 24.3 Å². The highest BCUT2D eigenvalue weighted by Crippen LogP contribution is 2.28. The number of carbonyl (C=O) groups excluding carboxylic acids is 1. The van der Waals surface area contributed by atoms with Crippen LogP contribution in [0.4, 0.5) is 21.9 Å². The van der Waals surface area contributed by atoms with Crippen LogP contribution in [-0.2, 0) is 0 Å². The maximum Gasteiger partial charge on any atom is 0.323 e. The first-order valence-corrected chi connectivity index (χ1v) is 6.19. The summed E-state index contributed by atoms with van der Waals surface area (Å²) in [6.45, 7) is 0. The Morgan fingerprint density at radius 1 is 1.18 bits per heavy atom. The second kappa shape index (κ2) is 6.44. The number of phenols is 1. The van der Waals surface area contributed by atoms with Crippen molar-refractivity contribution in [2.75, 3.05) is 17.7 Å². The van der Waals surface area contributed by atoms with E-state index in [9.17, 15) is 20.0 Å². The Balaban J connectivity index is 2.08. The molecular weight excluding hydrogens is 290 g/mol. The zero-order chi connectivity index (χ0) is 16.1. The number of amides is 2. The van der Waals surface area contributed by atoms with Gasteiger partial charge in [-0.05, 0) is 24.3 Å². The molecule has 0 fully saturated rings. The summed E-state index contributed by atoms with van der Waals surface area (Å²) < 4.78 is 5.04. The van der Waals surface area contributed by atoms with Gasteiger partial charge in [-0.1, -0.05) is 6.07 Å². The second-order valence-electron chi connectivity index (χ2n) is 4.27. The van der Waals surface area contributed by atoms with Crippen LogP contribution >= 0.6 is 0 Å². The molecule has 0 unspecified atom stereocenters. The van der Waals surface area contributed by atoms with Crippen molar-refractivity contribution in [2.45, 2.75) is 0 Å². The summed E-state index contributed by atoms with van der Waals surface area (Å²) in [5, 5.41) is 25.1. The number of nitro benzene ring substituents is 1. The van der Waals surface area contributed by atoms with Gasteiger partial charge >= 0.3 is 11.7 Å². The number of rotatable bonds is 4. The Bertz CT molecular complexity index is 717. The number of hydrogen-bond acceptors (Lipinski definition) is 5. The highest BCUT2D eigenvalue weighted by atomic mass is 16.6. The topological polar surface area (TPSA) is 114 Å². The first-order chi connectivity index (χ1) is 10.5. The number of nitrogens with one attached hydrogen (secondary N) is 2. The number of benzene rings is 2. The molecule has 8 nitrogen and oxygen atoms in total. The van der Waals surface area contributed by atoms with Crippen molar-refractivity contribution in [1.82, 2.24) is 0 Å². The fourth-order valence-corrected chi connectivity index (χ4v) is 1.74. The van der Waals surface area contributed by atoms with Gasteiger partial charge < -0.3 is 20.5 Å². The van der Waals surface area contributed by atoms with Crippen LogP contribution in [-0.4, -0.2) is 23.2 Å². The van der Waals surface area contributed by atoms with E-state index in [4.69, 9.17) is 4.74 Å². The maximum atomic E-state index is 11.9. The molecular formula is C14H13N3O5. The summed E-state index contributed by atoms with van der Waals surface area (Å²) in [4.78, 5) is 21.8. The Morgan fingerprint density at radius 2 is 1.86 bits per heavy atom. The summed E-state index contributed by atoms with van der Waals surface area (Å²) >= 11 is 0. The normalized spacial score (nSPS) is 9.86. The van der Waals surface area contributed by atoms with Crippen LogP contribution in [0.15, 0.2) is 42.5 Å². The Kier molecular flexibility index (Phi) is 4.42. The van der Waals surface area contributed by atoms with E-state index >= 15 is 0 Å². The summed E-state index contributed by atoms with van der Waals surface area (Å²) in [5.41, 5.74) is 0.203. The van der Waals surface area contributed by atoms with E-state index in [0.717, 1.165) is 12.1 Å². The minimum atomic E-state index is -0.736. The summed E-state index contributed by atoms with van der Waals surface area (Å²) in [5.74, 6) is 0.113. The van der Waals surface area contributed by atoms with Crippen LogP contribution in [0.25, 0.3) is 0 Å². The molecule has 0 aliphatic heterocycles. The number of ether oxygens (including phenoxy) is 1. The van der Waals surface area contributed by atoms with E-state index in [1.807, 2.05) is 0 Å². The van der Waals surface area contributed by atoms with Crippen molar-refractivity contribution >= 4 is 23.1 Å². The quantitative estimate of drug-likeness (QED) is 0.456. The highest BCUT2D eigenvalue weighted by Gasteiger charge is 2.14. The molecule has 0 heterocycles. The molecule has 2 aromatic rings. The number of methoxy groups -OCH3 is 1. The number of phenolic OH excluding ortho intramolecular Hbond substituents is 1. The van der Waals surface area contributed by atoms with Crippen molar-refractivity contribution < 1.29 is 19.6 Å². The van der Waals surface area contributed by atoms with Crippen molar-refractivity contribution in [3.05, 3.63) is 52.6 Å². The predicted molar refractivity (Wildman–Crippen MR) is 80.4 cm³/mol. The average molecular weight is 303 g/mol. The third-order valence-corrected chi connectivity index (χ3v) is 2.76.